The van der Waals surface area contributed by atoms with Crippen LogP contribution in [0.2, 0.25) is 0 Å². The lowest BCUT2D eigenvalue weighted by Gasteiger charge is -2.23. The average molecular weight is 470 g/mol. The third kappa shape index (κ3) is 4.19. The van der Waals surface area contributed by atoms with E-state index < -0.39 is 0 Å². The van der Waals surface area contributed by atoms with Crippen molar-refractivity contribution in [3.05, 3.63) is 90.0 Å². The number of aromatic nitrogens is 3. The Labute approximate surface area is 201 Å². The van der Waals surface area contributed by atoms with Gasteiger partial charge in [0.25, 0.3) is 11.8 Å². The molecule has 0 fully saturated rings. The Kier molecular flexibility index (Phi) is 5.88. The van der Waals surface area contributed by atoms with E-state index in [-0.39, 0.29) is 11.8 Å². The van der Waals surface area contributed by atoms with Gasteiger partial charge in [0.15, 0.2) is 0 Å². The van der Waals surface area contributed by atoms with Crippen molar-refractivity contribution in [2.45, 2.75) is 6.42 Å². The van der Waals surface area contributed by atoms with E-state index in [9.17, 15) is 9.59 Å². The summed E-state index contributed by atoms with van der Waals surface area (Å²) in [6.07, 6.45) is 2.25. The fraction of sp³-hybridized carbons (Fsp3) is 0.154. The molecule has 0 saturated heterocycles. The number of nitrogens with one attached hydrogen (secondary N) is 1. The van der Waals surface area contributed by atoms with Crippen LogP contribution >= 0.6 is 0 Å². The number of carbonyl (C=O) groups excluding carboxylic acids is 2. The SMILES string of the molecule is COc1ccc(C(=O)Nc2ccc(C(=O)N3CCc4nncn4-c4ccccc43)cc2)c(OC)c1. The molecule has 35 heavy (non-hydrogen) atoms. The monoisotopic (exact) mass is 469 g/mol. The number of hydrogen-bond acceptors (Lipinski definition) is 6. The number of amides is 2. The van der Waals surface area contributed by atoms with Crippen LogP contribution in [0.3, 0.4) is 0 Å². The van der Waals surface area contributed by atoms with Gasteiger partial charge in [-0.1, -0.05) is 12.1 Å². The summed E-state index contributed by atoms with van der Waals surface area (Å²) in [4.78, 5) is 28.0. The van der Waals surface area contributed by atoms with Crippen LogP contribution in [0.4, 0.5) is 11.4 Å². The van der Waals surface area contributed by atoms with Gasteiger partial charge >= 0.3 is 0 Å². The number of carbonyl (C=O) groups is 2. The molecule has 1 N–H and O–H groups in total. The zero-order chi connectivity index (χ0) is 24.4. The van der Waals surface area contributed by atoms with Gasteiger partial charge in [-0.25, -0.2) is 0 Å². The molecule has 0 aliphatic carbocycles. The van der Waals surface area contributed by atoms with Gasteiger partial charge in [-0.05, 0) is 48.5 Å². The number of hydrogen-bond donors (Lipinski definition) is 1. The Hall–Kier alpha value is -4.66. The quantitative estimate of drug-likeness (QED) is 0.478. The van der Waals surface area contributed by atoms with E-state index in [1.165, 1.54) is 7.11 Å². The average Bonchev–Trinajstić information content (AvgIpc) is 3.31. The molecule has 0 unspecified atom stereocenters. The smallest absolute Gasteiger partial charge is 0.259 e. The van der Waals surface area contributed by atoms with Gasteiger partial charge in [0.2, 0.25) is 0 Å². The Bertz CT molecular complexity index is 1400. The fourth-order valence-electron chi connectivity index (χ4n) is 4.11. The van der Waals surface area contributed by atoms with Crippen LogP contribution in [0, 0.1) is 0 Å². The van der Waals surface area contributed by atoms with Crippen LogP contribution in [-0.2, 0) is 6.42 Å². The van der Waals surface area contributed by atoms with Crippen molar-refractivity contribution in [3.8, 4) is 17.2 Å². The Morgan fingerprint density at radius 1 is 0.943 bits per heavy atom. The summed E-state index contributed by atoms with van der Waals surface area (Å²) >= 11 is 0. The van der Waals surface area contributed by atoms with E-state index >= 15 is 0 Å². The number of rotatable bonds is 5. The number of fused-ring (bicyclic) bond motifs is 3. The number of nitrogens with zero attached hydrogens (tertiary/aromatic N) is 4. The number of benzene rings is 3. The van der Waals surface area contributed by atoms with Crippen LogP contribution in [0.1, 0.15) is 26.5 Å². The molecule has 0 saturated carbocycles. The number of para-hydroxylation sites is 2. The summed E-state index contributed by atoms with van der Waals surface area (Å²) in [7, 11) is 3.05. The normalized spacial score (nSPS) is 12.2. The highest BCUT2D eigenvalue weighted by Crippen LogP contribution is 2.30. The number of ether oxygens (including phenoxy) is 2. The maximum Gasteiger partial charge on any atom is 0.259 e. The molecule has 2 heterocycles. The molecule has 5 rings (SSSR count). The first-order chi connectivity index (χ1) is 17.1. The Morgan fingerprint density at radius 2 is 1.71 bits per heavy atom. The first-order valence-electron chi connectivity index (χ1n) is 11.0. The topological polar surface area (TPSA) is 98.6 Å². The van der Waals surface area contributed by atoms with Gasteiger partial charge in [-0.2, -0.15) is 0 Å². The minimum atomic E-state index is -0.326. The van der Waals surface area contributed by atoms with Crippen LogP contribution in [0.25, 0.3) is 5.69 Å². The van der Waals surface area contributed by atoms with E-state index in [4.69, 9.17) is 9.47 Å². The van der Waals surface area contributed by atoms with Crippen LogP contribution in [0.15, 0.2) is 73.1 Å². The number of anilines is 2. The molecule has 0 radical (unpaired) electrons. The van der Waals surface area contributed by atoms with Crippen molar-refractivity contribution in [1.29, 1.82) is 0 Å². The van der Waals surface area contributed by atoms with E-state index in [0.29, 0.717) is 41.3 Å². The van der Waals surface area contributed by atoms with Crippen molar-refractivity contribution >= 4 is 23.2 Å². The zero-order valence-corrected chi connectivity index (χ0v) is 19.3. The van der Waals surface area contributed by atoms with Crippen LogP contribution in [0.5, 0.6) is 11.5 Å². The van der Waals surface area contributed by atoms with Crippen LogP contribution in [-0.4, -0.2) is 47.3 Å². The molecule has 2 amide bonds. The molecule has 0 atom stereocenters. The molecule has 1 aliphatic heterocycles. The second-order valence-corrected chi connectivity index (χ2v) is 7.91. The largest absolute Gasteiger partial charge is 0.497 e. The standard InChI is InChI=1S/C26H23N5O4/c1-34-19-11-12-20(23(15-19)35-2)25(32)28-18-9-7-17(8-10-18)26(33)30-14-13-24-29-27-16-31(24)22-6-4-3-5-21(22)30/h3-12,15-16H,13-14H2,1-2H3,(H,28,32). The molecule has 1 aromatic heterocycles. The van der Waals surface area contributed by atoms with Gasteiger partial charge < -0.3 is 19.7 Å². The lowest BCUT2D eigenvalue weighted by atomic mass is 10.1. The minimum Gasteiger partial charge on any atom is -0.497 e. The first kappa shape index (κ1) is 22.1. The highest BCUT2D eigenvalue weighted by molar-refractivity contribution is 6.09. The summed E-state index contributed by atoms with van der Waals surface area (Å²) in [6, 6.07) is 19.5. The summed E-state index contributed by atoms with van der Waals surface area (Å²) < 4.78 is 12.4. The van der Waals surface area contributed by atoms with E-state index in [2.05, 4.69) is 15.5 Å². The molecule has 176 valence electrons. The van der Waals surface area contributed by atoms with Crippen LogP contribution < -0.4 is 19.7 Å². The van der Waals surface area contributed by atoms with Gasteiger partial charge in [0.1, 0.15) is 23.7 Å². The predicted molar refractivity (Wildman–Crippen MR) is 131 cm³/mol. The maximum atomic E-state index is 13.5. The fourth-order valence-corrected chi connectivity index (χ4v) is 4.11. The molecule has 1 aliphatic rings. The molecule has 9 nitrogen and oxygen atoms in total. The van der Waals surface area contributed by atoms with Crippen molar-refractivity contribution < 1.29 is 19.1 Å². The van der Waals surface area contributed by atoms with Crippen molar-refractivity contribution in [1.82, 2.24) is 14.8 Å². The van der Waals surface area contributed by atoms with Gasteiger partial charge in [0.05, 0.1) is 31.2 Å². The third-order valence-electron chi connectivity index (χ3n) is 5.90. The van der Waals surface area contributed by atoms with E-state index in [0.717, 1.165) is 17.2 Å². The van der Waals surface area contributed by atoms with Gasteiger partial charge in [0, 0.05) is 30.3 Å². The van der Waals surface area contributed by atoms with Crippen molar-refractivity contribution in [2.75, 3.05) is 31.0 Å². The second kappa shape index (κ2) is 9.30. The molecule has 0 spiro atoms. The van der Waals surface area contributed by atoms with Crippen molar-refractivity contribution in [3.63, 3.8) is 0 Å². The zero-order valence-electron chi connectivity index (χ0n) is 19.3. The predicted octanol–water partition coefficient (Wildman–Crippen LogP) is 3.74. The Morgan fingerprint density at radius 3 is 2.46 bits per heavy atom. The molecule has 4 aromatic rings. The van der Waals surface area contributed by atoms with Crippen molar-refractivity contribution in [2.24, 2.45) is 0 Å². The third-order valence-corrected chi connectivity index (χ3v) is 5.90. The lowest BCUT2D eigenvalue weighted by Crippen LogP contribution is -2.32. The molecular weight excluding hydrogens is 446 g/mol. The van der Waals surface area contributed by atoms with Gasteiger partial charge in [-0.3, -0.25) is 14.2 Å². The summed E-state index contributed by atoms with van der Waals surface area (Å²) in [5, 5.41) is 11.0. The van der Waals surface area contributed by atoms with Gasteiger partial charge in [-0.15, -0.1) is 10.2 Å². The number of methoxy groups -OCH3 is 2. The lowest BCUT2D eigenvalue weighted by molar-refractivity contribution is 0.0986. The first-order valence-corrected chi connectivity index (χ1v) is 11.0. The molecule has 3 aromatic carbocycles. The molecular formula is C26H23N5O4. The summed E-state index contributed by atoms with van der Waals surface area (Å²) in [6.45, 7) is 0.476. The summed E-state index contributed by atoms with van der Waals surface area (Å²) in [5.41, 5.74) is 3.10. The minimum absolute atomic E-state index is 0.133. The maximum absolute atomic E-state index is 13.5. The van der Waals surface area contributed by atoms with E-state index in [1.54, 1.807) is 60.8 Å². The highest BCUT2D eigenvalue weighted by Gasteiger charge is 2.25. The Balaban J connectivity index is 1.35. The summed E-state index contributed by atoms with van der Waals surface area (Å²) in [5.74, 6) is 1.35. The highest BCUT2D eigenvalue weighted by atomic mass is 16.5. The van der Waals surface area contributed by atoms with E-state index in [1.807, 2.05) is 28.8 Å². The molecule has 9 heteroatoms. The second-order valence-electron chi connectivity index (χ2n) is 7.91. The molecule has 0 bridgehead atoms.